The molecule has 0 radical (unpaired) electrons. The van der Waals surface area contributed by atoms with Crippen molar-refractivity contribution < 1.29 is 71.3 Å². The molecule has 0 N–H and O–H groups in total. The minimum Gasteiger partial charge on any atom is -0.494 e. The fraction of sp³-hybridized carbons (Fsp3) is 0.645. The van der Waals surface area contributed by atoms with E-state index in [1.807, 2.05) is 52.0 Å². The molecule has 0 bridgehead atoms. The lowest BCUT2D eigenvalue weighted by Gasteiger charge is -2.39. The monoisotopic (exact) mass is 704 g/mol. The van der Waals surface area contributed by atoms with Crippen LogP contribution in [0.15, 0.2) is 48.6 Å². The Morgan fingerprint density at radius 2 is 1.19 bits per heavy atom. The normalized spacial score (nSPS) is 16.8. The second-order valence-electron chi connectivity index (χ2n) is 11.4. The molecule has 0 spiro atoms. The SMILES string of the molecule is C[C@@H](C=O)C/C=C/[C@H](C)C/C=C/[C@H](C)[C@@H](C)OCc1ccc(OCCCC(F)(F)C(F)(F)C(F)(F)C(F)(F)C(F)(F)C(F)(F)F)cc1. The Bertz CT molecular complexity index is 1160. The van der Waals surface area contributed by atoms with E-state index in [2.05, 4.69) is 0 Å². The molecule has 0 saturated carbocycles. The molecular weight excluding hydrogens is 667 g/mol. The first kappa shape index (κ1) is 42.2. The number of carbonyl (C=O) groups excluding carboxylic acids is 1. The molecule has 1 aromatic carbocycles. The summed E-state index contributed by atoms with van der Waals surface area (Å²) in [5.41, 5.74) is 0.647. The average Bonchev–Trinajstić information content (AvgIpc) is 2.97. The number of rotatable bonds is 20. The average molecular weight is 705 g/mol. The number of benzene rings is 1. The summed E-state index contributed by atoms with van der Waals surface area (Å²) in [4.78, 5) is 10.7. The quantitative estimate of drug-likeness (QED) is 0.0587. The van der Waals surface area contributed by atoms with Crippen molar-refractivity contribution >= 4 is 6.29 Å². The Morgan fingerprint density at radius 1 is 0.681 bits per heavy atom. The smallest absolute Gasteiger partial charge is 0.460 e. The van der Waals surface area contributed by atoms with E-state index in [9.17, 15) is 61.9 Å². The highest BCUT2D eigenvalue weighted by Gasteiger charge is 2.90. The maximum absolute atomic E-state index is 13.9. The number of allylic oxidation sites excluding steroid dienone is 3. The van der Waals surface area contributed by atoms with Crippen LogP contribution in [0, 0.1) is 17.8 Å². The van der Waals surface area contributed by atoms with Crippen molar-refractivity contribution in [2.75, 3.05) is 6.61 Å². The molecule has 0 aliphatic heterocycles. The standard InChI is InChI=1S/C31H37F13O3/c1-20(8-5-10-21(2)18-45)9-6-11-22(3)23(4)47-19-24-12-14-25(15-13-24)46-17-7-16-26(32,33)27(34,35)28(36,37)29(38,39)30(40,41)31(42,43)44/h5-6,8,11-15,18,20-23H,7,9-10,16-17,19H2,1-4H3/b8-5+,11-6+/t20-,21+,22-,23+/m0/s1. The third kappa shape index (κ3) is 10.6. The van der Waals surface area contributed by atoms with Crippen molar-refractivity contribution in [1.82, 2.24) is 0 Å². The van der Waals surface area contributed by atoms with Gasteiger partial charge in [0, 0.05) is 12.3 Å². The molecule has 3 nitrogen and oxygen atoms in total. The number of hydrogen-bond donors (Lipinski definition) is 0. The van der Waals surface area contributed by atoms with E-state index in [4.69, 9.17) is 9.47 Å². The Labute approximate surface area is 264 Å². The molecule has 0 fully saturated rings. The molecule has 0 heterocycles. The van der Waals surface area contributed by atoms with Gasteiger partial charge >= 0.3 is 35.8 Å². The zero-order chi connectivity index (χ0) is 36.5. The van der Waals surface area contributed by atoms with E-state index >= 15 is 0 Å². The van der Waals surface area contributed by atoms with E-state index in [0.717, 1.165) is 12.7 Å². The molecular formula is C31H37F13O3. The largest absolute Gasteiger partial charge is 0.494 e. The van der Waals surface area contributed by atoms with Gasteiger partial charge in [-0.25, -0.2) is 0 Å². The summed E-state index contributed by atoms with van der Waals surface area (Å²) in [5, 5.41) is 0. The molecule has 16 heteroatoms. The predicted octanol–water partition coefficient (Wildman–Crippen LogP) is 10.5. The zero-order valence-corrected chi connectivity index (χ0v) is 25.9. The van der Waals surface area contributed by atoms with Crippen LogP contribution in [0.3, 0.4) is 0 Å². The van der Waals surface area contributed by atoms with Crippen molar-refractivity contribution in [3.8, 4) is 5.75 Å². The second kappa shape index (κ2) is 16.6. The van der Waals surface area contributed by atoms with Gasteiger partial charge in [-0.3, -0.25) is 0 Å². The molecule has 47 heavy (non-hydrogen) atoms. The van der Waals surface area contributed by atoms with E-state index in [1.165, 1.54) is 24.3 Å². The number of hydrogen-bond acceptors (Lipinski definition) is 3. The van der Waals surface area contributed by atoms with E-state index in [0.29, 0.717) is 12.0 Å². The molecule has 0 saturated heterocycles. The fourth-order valence-electron chi connectivity index (χ4n) is 3.83. The molecule has 4 atom stereocenters. The number of ether oxygens (including phenoxy) is 2. The zero-order valence-electron chi connectivity index (χ0n) is 25.9. The number of aldehydes is 1. The van der Waals surface area contributed by atoms with Gasteiger partial charge < -0.3 is 14.3 Å². The first-order chi connectivity index (χ1) is 21.4. The second-order valence-corrected chi connectivity index (χ2v) is 11.4. The lowest BCUT2D eigenvalue weighted by molar-refractivity contribution is -0.440. The summed E-state index contributed by atoms with van der Waals surface area (Å²) in [6.45, 7) is 6.99. The summed E-state index contributed by atoms with van der Waals surface area (Å²) in [5.74, 6) is -36.6. The Balaban J connectivity index is 2.63. The van der Waals surface area contributed by atoms with Crippen molar-refractivity contribution in [2.24, 2.45) is 17.8 Å². The van der Waals surface area contributed by atoms with E-state index in [1.54, 1.807) is 0 Å². The van der Waals surface area contributed by atoms with Gasteiger partial charge in [-0.1, -0.05) is 57.2 Å². The van der Waals surface area contributed by atoms with Gasteiger partial charge in [-0.2, -0.15) is 57.1 Å². The Morgan fingerprint density at radius 3 is 1.72 bits per heavy atom. The van der Waals surface area contributed by atoms with Crippen molar-refractivity contribution in [1.29, 1.82) is 0 Å². The van der Waals surface area contributed by atoms with Gasteiger partial charge in [0.2, 0.25) is 0 Å². The molecule has 0 aliphatic rings. The molecule has 1 aromatic rings. The summed E-state index contributed by atoms with van der Waals surface area (Å²) < 4.78 is 183. The van der Waals surface area contributed by atoms with Crippen LogP contribution in [0.5, 0.6) is 5.75 Å². The molecule has 0 aromatic heterocycles. The minimum atomic E-state index is -7.91. The van der Waals surface area contributed by atoms with Crippen LogP contribution >= 0.6 is 0 Å². The van der Waals surface area contributed by atoms with Crippen LogP contribution in [0.2, 0.25) is 0 Å². The summed E-state index contributed by atoms with van der Waals surface area (Å²) in [6, 6.07) is 5.68. The lowest BCUT2D eigenvalue weighted by Crippen LogP contribution is -2.70. The highest BCUT2D eigenvalue weighted by molar-refractivity contribution is 5.52. The third-order valence-electron chi connectivity index (χ3n) is 7.23. The van der Waals surface area contributed by atoms with Crippen molar-refractivity contribution in [2.45, 2.75) is 102 Å². The van der Waals surface area contributed by atoms with Crippen LogP contribution in [-0.4, -0.2) is 54.8 Å². The van der Waals surface area contributed by atoms with E-state index in [-0.39, 0.29) is 36.2 Å². The first-order valence-electron chi connectivity index (χ1n) is 14.4. The summed E-state index contributed by atoms with van der Waals surface area (Å²) in [6.07, 6.45) is -0.741. The van der Waals surface area contributed by atoms with Gasteiger partial charge in [0.1, 0.15) is 12.0 Å². The van der Waals surface area contributed by atoms with Gasteiger partial charge in [-0.15, -0.1) is 0 Å². The summed E-state index contributed by atoms with van der Waals surface area (Å²) in [7, 11) is 0. The number of alkyl halides is 13. The van der Waals surface area contributed by atoms with Crippen LogP contribution in [0.1, 0.15) is 58.9 Å². The minimum absolute atomic E-state index is 0.00125. The molecule has 0 aliphatic carbocycles. The molecule has 0 unspecified atom stereocenters. The first-order valence-corrected chi connectivity index (χ1v) is 14.4. The number of carbonyl (C=O) groups is 1. The lowest BCUT2D eigenvalue weighted by atomic mass is 9.92. The van der Waals surface area contributed by atoms with Gasteiger partial charge in [0.05, 0.1) is 19.3 Å². The van der Waals surface area contributed by atoms with E-state index < -0.39 is 55.2 Å². The van der Waals surface area contributed by atoms with Crippen LogP contribution < -0.4 is 4.74 Å². The van der Waals surface area contributed by atoms with Gasteiger partial charge in [0.25, 0.3) is 0 Å². The summed E-state index contributed by atoms with van der Waals surface area (Å²) >= 11 is 0. The third-order valence-corrected chi connectivity index (χ3v) is 7.23. The highest BCUT2D eigenvalue weighted by Crippen LogP contribution is 2.60. The van der Waals surface area contributed by atoms with Crippen molar-refractivity contribution in [3.05, 3.63) is 54.1 Å². The Hall–Kier alpha value is -2.78. The van der Waals surface area contributed by atoms with Gasteiger partial charge in [0.15, 0.2) is 0 Å². The molecule has 270 valence electrons. The van der Waals surface area contributed by atoms with Gasteiger partial charge in [-0.05, 0) is 55.7 Å². The topological polar surface area (TPSA) is 35.5 Å². The maximum Gasteiger partial charge on any atom is 0.460 e. The fourth-order valence-corrected chi connectivity index (χ4v) is 3.83. The molecule has 0 amide bonds. The number of halogens is 13. The molecule has 1 rings (SSSR count). The maximum atomic E-state index is 13.9. The van der Waals surface area contributed by atoms with Crippen LogP contribution in [0.4, 0.5) is 57.1 Å². The van der Waals surface area contributed by atoms with Crippen LogP contribution in [0.25, 0.3) is 0 Å². The Kier molecular flexibility index (Phi) is 14.9. The predicted molar refractivity (Wildman–Crippen MR) is 147 cm³/mol. The highest BCUT2D eigenvalue weighted by atomic mass is 19.4. The van der Waals surface area contributed by atoms with Crippen molar-refractivity contribution in [3.63, 3.8) is 0 Å². The van der Waals surface area contributed by atoms with Crippen LogP contribution in [-0.2, 0) is 16.1 Å².